The Labute approximate surface area is 175 Å². The van der Waals surface area contributed by atoms with Gasteiger partial charge in [-0.15, -0.1) is 0 Å². The van der Waals surface area contributed by atoms with Gasteiger partial charge >= 0.3 is 0 Å². The molecular formula is C22H26FN5O2. The second-order valence-corrected chi connectivity index (χ2v) is 8.34. The minimum Gasteiger partial charge on any atom is -0.370 e. The van der Waals surface area contributed by atoms with Crippen molar-refractivity contribution in [3.63, 3.8) is 0 Å². The number of nitrogens with zero attached hydrogens (tertiary/aromatic N) is 4. The molecule has 2 aliphatic rings. The predicted molar refractivity (Wildman–Crippen MR) is 109 cm³/mol. The highest BCUT2D eigenvalue weighted by Gasteiger charge is 2.44. The predicted octanol–water partition coefficient (Wildman–Crippen LogP) is 1.85. The Bertz CT molecular complexity index is 948. The molecule has 0 spiro atoms. The molecule has 2 N–H and O–H groups in total. The molecule has 3 atom stereocenters. The Kier molecular flexibility index (Phi) is 5.51. The van der Waals surface area contributed by atoms with Crippen molar-refractivity contribution in [1.29, 1.82) is 0 Å². The summed E-state index contributed by atoms with van der Waals surface area (Å²) >= 11 is 0. The van der Waals surface area contributed by atoms with Gasteiger partial charge in [0, 0.05) is 38.6 Å². The Morgan fingerprint density at radius 3 is 2.33 bits per heavy atom. The van der Waals surface area contributed by atoms with Crippen LogP contribution in [0.4, 0.5) is 4.39 Å². The zero-order valence-electron chi connectivity index (χ0n) is 17.2. The summed E-state index contributed by atoms with van der Waals surface area (Å²) in [6, 6.07) is 6.10. The van der Waals surface area contributed by atoms with Gasteiger partial charge < -0.3 is 10.6 Å². The molecule has 0 aliphatic carbocycles. The summed E-state index contributed by atoms with van der Waals surface area (Å²) in [5.41, 5.74) is 8.21. The number of aromatic nitrogens is 2. The van der Waals surface area contributed by atoms with Crippen LogP contribution in [0, 0.1) is 31.5 Å². The van der Waals surface area contributed by atoms with Gasteiger partial charge in [-0.2, -0.15) is 0 Å². The third-order valence-electron chi connectivity index (χ3n) is 6.31. The first kappa shape index (κ1) is 20.4. The van der Waals surface area contributed by atoms with E-state index in [0.717, 1.165) is 18.7 Å². The van der Waals surface area contributed by atoms with Crippen molar-refractivity contribution < 1.29 is 14.0 Å². The zero-order valence-corrected chi connectivity index (χ0v) is 17.2. The van der Waals surface area contributed by atoms with Crippen LogP contribution in [0.15, 0.2) is 30.6 Å². The maximum Gasteiger partial charge on any atom is 0.257 e. The normalized spacial score (nSPS) is 22.2. The first-order chi connectivity index (χ1) is 14.3. The highest BCUT2D eigenvalue weighted by molar-refractivity contribution is 5.96. The van der Waals surface area contributed by atoms with Crippen molar-refractivity contribution in [2.24, 2.45) is 17.6 Å². The van der Waals surface area contributed by atoms with Gasteiger partial charge in [0.05, 0.1) is 17.0 Å². The second kappa shape index (κ2) is 8.10. The van der Waals surface area contributed by atoms with Gasteiger partial charge in [0.1, 0.15) is 12.1 Å². The monoisotopic (exact) mass is 411 g/mol. The van der Waals surface area contributed by atoms with Crippen LogP contribution in [0.2, 0.25) is 0 Å². The molecule has 2 aromatic rings. The number of rotatable bonds is 5. The molecule has 30 heavy (non-hydrogen) atoms. The molecule has 1 aromatic carbocycles. The number of hydrogen-bond acceptors (Lipinski definition) is 5. The number of carbonyl (C=O) groups excluding carboxylic acids is 2. The van der Waals surface area contributed by atoms with E-state index in [-0.39, 0.29) is 24.2 Å². The van der Waals surface area contributed by atoms with E-state index in [2.05, 4.69) is 14.9 Å². The fourth-order valence-electron chi connectivity index (χ4n) is 4.87. The number of fused-ring (bicyclic) bond motifs is 1. The molecule has 158 valence electrons. The number of carbonyl (C=O) groups is 2. The Hall–Kier alpha value is -2.87. The summed E-state index contributed by atoms with van der Waals surface area (Å²) in [6.07, 6.45) is 1.62. The molecule has 7 nitrogen and oxygen atoms in total. The standard InChI is InChI=1S/C22H26FN5O2/c1-13-21(14(2)26-12-25-13)22(30)28-10-16-8-27(9-17(16)11-28)19(7-20(24)29)15-4-3-5-18(23)6-15/h3-6,12,16-17,19H,7-11H2,1-2H3,(H2,24,29)/t16?,17?,19-/m0/s1. The number of hydrogen-bond donors (Lipinski definition) is 1. The van der Waals surface area contributed by atoms with Gasteiger partial charge in [-0.05, 0) is 43.4 Å². The first-order valence-corrected chi connectivity index (χ1v) is 10.2. The zero-order chi connectivity index (χ0) is 21.4. The molecule has 2 unspecified atom stereocenters. The molecule has 0 saturated carbocycles. The number of benzene rings is 1. The minimum absolute atomic E-state index is 0.0228. The van der Waals surface area contributed by atoms with Gasteiger partial charge in [0.2, 0.25) is 5.91 Å². The maximum absolute atomic E-state index is 13.8. The van der Waals surface area contributed by atoms with E-state index >= 15 is 0 Å². The molecular weight excluding hydrogens is 385 g/mol. The number of amides is 2. The lowest BCUT2D eigenvalue weighted by atomic mass is 10.0. The lowest BCUT2D eigenvalue weighted by molar-refractivity contribution is -0.119. The Balaban J connectivity index is 1.48. The van der Waals surface area contributed by atoms with Crippen LogP contribution in [0.25, 0.3) is 0 Å². The van der Waals surface area contributed by atoms with Crippen LogP contribution in [0.3, 0.4) is 0 Å². The SMILES string of the molecule is Cc1ncnc(C)c1C(=O)N1CC2CN([C@@H](CC(N)=O)c3cccc(F)c3)CC2C1. The van der Waals surface area contributed by atoms with Gasteiger partial charge in [-0.3, -0.25) is 14.5 Å². The van der Waals surface area contributed by atoms with Crippen LogP contribution in [-0.4, -0.2) is 57.8 Å². The largest absolute Gasteiger partial charge is 0.370 e. The highest BCUT2D eigenvalue weighted by atomic mass is 19.1. The molecule has 8 heteroatoms. The lowest BCUT2D eigenvalue weighted by Gasteiger charge is -2.29. The van der Waals surface area contributed by atoms with E-state index in [1.54, 1.807) is 6.07 Å². The van der Waals surface area contributed by atoms with Gasteiger partial charge in [0.25, 0.3) is 5.91 Å². The van der Waals surface area contributed by atoms with Crippen LogP contribution in [-0.2, 0) is 4.79 Å². The van der Waals surface area contributed by atoms with Crippen molar-refractivity contribution in [3.05, 3.63) is 58.9 Å². The molecule has 2 saturated heterocycles. The molecule has 1 aromatic heterocycles. The molecule has 0 bridgehead atoms. The second-order valence-electron chi connectivity index (χ2n) is 8.34. The average molecular weight is 411 g/mol. The molecule has 3 heterocycles. The smallest absolute Gasteiger partial charge is 0.257 e. The van der Waals surface area contributed by atoms with Gasteiger partial charge in [0.15, 0.2) is 0 Å². The van der Waals surface area contributed by atoms with Gasteiger partial charge in [-0.25, -0.2) is 14.4 Å². The van der Waals surface area contributed by atoms with Crippen LogP contribution >= 0.6 is 0 Å². The van der Waals surface area contributed by atoms with E-state index in [4.69, 9.17) is 5.73 Å². The van der Waals surface area contributed by atoms with Crippen LogP contribution < -0.4 is 5.73 Å². The summed E-state index contributed by atoms with van der Waals surface area (Å²) in [7, 11) is 0. The van der Waals surface area contributed by atoms with E-state index in [9.17, 15) is 14.0 Å². The molecule has 2 aliphatic heterocycles. The van der Waals surface area contributed by atoms with Crippen molar-refractivity contribution in [2.45, 2.75) is 26.3 Å². The molecule has 4 rings (SSSR count). The van der Waals surface area contributed by atoms with Crippen molar-refractivity contribution in [2.75, 3.05) is 26.2 Å². The number of primary amides is 1. The third kappa shape index (κ3) is 3.92. The Morgan fingerprint density at radius 1 is 1.13 bits per heavy atom. The van der Waals surface area contributed by atoms with Crippen molar-refractivity contribution >= 4 is 11.8 Å². The third-order valence-corrected chi connectivity index (χ3v) is 6.31. The number of halogens is 1. The molecule has 2 fully saturated rings. The summed E-state index contributed by atoms with van der Waals surface area (Å²) < 4.78 is 13.8. The van der Waals surface area contributed by atoms with Crippen molar-refractivity contribution in [3.8, 4) is 0 Å². The highest BCUT2D eigenvalue weighted by Crippen LogP contribution is 2.38. The van der Waals surface area contributed by atoms with E-state index < -0.39 is 5.91 Å². The fourth-order valence-corrected chi connectivity index (χ4v) is 4.87. The topological polar surface area (TPSA) is 92.4 Å². The number of likely N-dealkylation sites (tertiary alicyclic amines) is 2. The molecule has 0 radical (unpaired) electrons. The van der Waals surface area contributed by atoms with Crippen LogP contribution in [0.5, 0.6) is 0 Å². The van der Waals surface area contributed by atoms with Crippen molar-refractivity contribution in [1.82, 2.24) is 19.8 Å². The summed E-state index contributed by atoms with van der Waals surface area (Å²) in [5.74, 6) is -0.140. The van der Waals surface area contributed by atoms with Crippen LogP contribution in [0.1, 0.15) is 39.8 Å². The summed E-state index contributed by atoms with van der Waals surface area (Å²) in [4.78, 5) is 37.2. The minimum atomic E-state index is -0.409. The number of aryl methyl sites for hydroxylation is 2. The fraction of sp³-hybridized carbons (Fsp3) is 0.455. The summed E-state index contributed by atoms with van der Waals surface area (Å²) in [5, 5.41) is 0. The lowest BCUT2D eigenvalue weighted by Crippen LogP contribution is -2.36. The molecule has 2 amide bonds. The average Bonchev–Trinajstić information content (AvgIpc) is 3.25. The first-order valence-electron chi connectivity index (χ1n) is 10.2. The maximum atomic E-state index is 13.8. The Morgan fingerprint density at radius 2 is 1.77 bits per heavy atom. The summed E-state index contributed by atoms with van der Waals surface area (Å²) in [6.45, 7) is 6.45. The quantitative estimate of drug-likeness (QED) is 0.811. The van der Waals surface area contributed by atoms with E-state index in [1.807, 2.05) is 24.8 Å². The van der Waals surface area contributed by atoms with E-state index in [0.29, 0.717) is 41.9 Å². The number of nitrogens with two attached hydrogens (primary N) is 1. The van der Waals surface area contributed by atoms with E-state index in [1.165, 1.54) is 18.5 Å². The van der Waals surface area contributed by atoms with Gasteiger partial charge in [-0.1, -0.05) is 12.1 Å².